The maximum Gasteiger partial charge on any atom is 0.244 e. The van der Waals surface area contributed by atoms with Crippen molar-refractivity contribution in [2.45, 2.75) is 50.6 Å². The fourth-order valence-corrected chi connectivity index (χ4v) is 4.37. The minimum absolute atomic E-state index is 0.01000. The molecule has 0 aromatic carbocycles. The van der Waals surface area contributed by atoms with Gasteiger partial charge in [-0.15, -0.1) is 0 Å². The van der Waals surface area contributed by atoms with Gasteiger partial charge in [0.25, 0.3) is 0 Å². The Labute approximate surface area is 165 Å². The molecule has 0 aliphatic carbocycles. The van der Waals surface area contributed by atoms with E-state index in [1.807, 2.05) is 0 Å². The van der Waals surface area contributed by atoms with Gasteiger partial charge < -0.3 is 25.8 Å². The first-order valence-electron chi connectivity index (χ1n) is 10.1. The first-order chi connectivity index (χ1) is 13.3. The molecule has 0 saturated carbocycles. The zero-order valence-electron chi connectivity index (χ0n) is 16.8. The second-order valence-corrected chi connectivity index (χ2v) is 8.33. The van der Waals surface area contributed by atoms with Gasteiger partial charge in [0.2, 0.25) is 23.6 Å². The van der Waals surface area contributed by atoms with Crippen LogP contribution >= 0.6 is 0 Å². The molecule has 3 unspecified atom stereocenters. The molecule has 3 saturated heterocycles. The molecule has 3 atom stereocenters. The minimum atomic E-state index is -0.885. The number of amides is 4. The molecule has 3 aliphatic heterocycles. The van der Waals surface area contributed by atoms with Crippen molar-refractivity contribution in [3.05, 3.63) is 0 Å². The standard InChI is InChI=1S/C19H31N5O4/c1-23-9-3-5-13(16(23)26)21-15(25)11-19(7-8-20-12-19)18(28)22-14-6-4-10-24(2)17(14)27/h13-14,20H,3-12H2,1-2H3,(H,21,25)(H,22,28). The minimum Gasteiger partial charge on any atom is -0.344 e. The van der Waals surface area contributed by atoms with Gasteiger partial charge in [0, 0.05) is 40.2 Å². The van der Waals surface area contributed by atoms with Crippen LogP contribution < -0.4 is 16.0 Å². The monoisotopic (exact) mass is 393 g/mol. The molecule has 0 bridgehead atoms. The van der Waals surface area contributed by atoms with Gasteiger partial charge in [-0.25, -0.2) is 0 Å². The van der Waals surface area contributed by atoms with E-state index in [-0.39, 0.29) is 30.0 Å². The summed E-state index contributed by atoms with van der Waals surface area (Å²) in [4.78, 5) is 53.5. The number of likely N-dealkylation sites (N-methyl/N-ethyl adjacent to an activating group) is 2. The molecule has 0 spiro atoms. The maximum absolute atomic E-state index is 13.1. The molecule has 3 aliphatic rings. The molecule has 156 valence electrons. The number of hydrogen-bond acceptors (Lipinski definition) is 5. The van der Waals surface area contributed by atoms with E-state index in [1.54, 1.807) is 23.9 Å². The van der Waals surface area contributed by atoms with E-state index in [1.165, 1.54) is 0 Å². The fourth-order valence-electron chi connectivity index (χ4n) is 4.37. The number of likely N-dealkylation sites (tertiary alicyclic amines) is 2. The molecule has 9 nitrogen and oxygen atoms in total. The molecular weight excluding hydrogens is 362 g/mol. The number of carbonyl (C=O) groups excluding carboxylic acids is 4. The van der Waals surface area contributed by atoms with Crippen molar-refractivity contribution in [1.29, 1.82) is 0 Å². The molecule has 28 heavy (non-hydrogen) atoms. The van der Waals surface area contributed by atoms with Crippen LogP contribution in [0.25, 0.3) is 0 Å². The smallest absolute Gasteiger partial charge is 0.244 e. The normalized spacial score (nSPS) is 31.1. The molecule has 0 radical (unpaired) electrons. The Morgan fingerprint density at radius 2 is 1.61 bits per heavy atom. The van der Waals surface area contributed by atoms with Crippen molar-refractivity contribution in [2.24, 2.45) is 5.41 Å². The summed E-state index contributed by atoms with van der Waals surface area (Å²) < 4.78 is 0. The SMILES string of the molecule is CN1CCCC(NC(=O)CC2(C(=O)NC3CCCN(C)C3=O)CCNC2)C1=O. The lowest BCUT2D eigenvalue weighted by molar-refractivity contribution is -0.142. The fraction of sp³-hybridized carbons (Fsp3) is 0.789. The Morgan fingerprint density at radius 1 is 1.04 bits per heavy atom. The predicted molar refractivity (Wildman–Crippen MR) is 102 cm³/mol. The molecule has 0 aromatic rings. The highest BCUT2D eigenvalue weighted by atomic mass is 16.2. The first-order valence-corrected chi connectivity index (χ1v) is 10.1. The third-order valence-corrected chi connectivity index (χ3v) is 6.19. The van der Waals surface area contributed by atoms with E-state index < -0.39 is 17.5 Å². The van der Waals surface area contributed by atoms with Gasteiger partial charge in [0.15, 0.2) is 0 Å². The number of hydrogen-bond donors (Lipinski definition) is 3. The summed E-state index contributed by atoms with van der Waals surface area (Å²) >= 11 is 0. The van der Waals surface area contributed by atoms with Crippen LogP contribution in [0.4, 0.5) is 0 Å². The van der Waals surface area contributed by atoms with Crippen molar-refractivity contribution in [3.63, 3.8) is 0 Å². The first kappa shape index (κ1) is 20.6. The molecule has 0 aromatic heterocycles. The van der Waals surface area contributed by atoms with Crippen molar-refractivity contribution < 1.29 is 19.2 Å². The van der Waals surface area contributed by atoms with Crippen LogP contribution in [0.15, 0.2) is 0 Å². The summed E-state index contributed by atoms with van der Waals surface area (Å²) in [6, 6.07) is -1.05. The maximum atomic E-state index is 13.1. The third-order valence-electron chi connectivity index (χ3n) is 6.19. The summed E-state index contributed by atoms with van der Waals surface area (Å²) in [5.74, 6) is -0.715. The number of nitrogens with one attached hydrogen (secondary N) is 3. The van der Waals surface area contributed by atoms with E-state index in [4.69, 9.17) is 0 Å². The molecule has 9 heteroatoms. The van der Waals surface area contributed by atoms with Crippen molar-refractivity contribution in [3.8, 4) is 0 Å². The van der Waals surface area contributed by atoms with Crippen LogP contribution in [0.3, 0.4) is 0 Å². The molecule has 3 N–H and O–H groups in total. The average molecular weight is 393 g/mol. The quantitative estimate of drug-likeness (QED) is 0.545. The van der Waals surface area contributed by atoms with Gasteiger partial charge in [0.05, 0.1) is 5.41 Å². The van der Waals surface area contributed by atoms with Gasteiger partial charge in [-0.2, -0.15) is 0 Å². The van der Waals surface area contributed by atoms with Gasteiger partial charge in [0.1, 0.15) is 12.1 Å². The summed E-state index contributed by atoms with van der Waals surface area (Å²) in [6.45, 7) is 2.43. The van der Waals surface area contributed by atoms with Crippen molar-refractivity contribution in [2.75, 3.05) is 40.3 Å². The topological polar surface area (TPSA) is 111 Å². The molecule has 3 rings (SSSR count). The number of piperidine rings is 2. The second-order valence-electron chi connectivity index (χ2n) is 8.33. The molecule has 4 amide bonds. The number of nitrogens with zero attached hydrogens (tertiary/aromatic N) is 2. The predicted octanol–water partition coefficient (Wildman–Crippen LogP) is -1.17. The third kappa shape index (κ3) is 4.29. The van der Waals surface area contributed by atoms with Gasteiger partial charge in [-0.05, 0) is 38.6 Å². The Morgan fingerprint density at radius 3 is 2.14 bits per heavy atom. The van der Waals surface area contributed by atoms with E-state index >= 15 is 0 Å². The summed E-state index contributed by atoms with van der Waals surface area (Å²) in [5, 5.41) is 8.86. The summed E-state index contributed by atoms with van der Waals surface area (Å²) in [7, 11) is 3.47. The van der Waals surface area contributed by atoms with Gasteiger partial charge in [-0.3, -0.25) is 19.2 Å². The lowest BCUT2D eigenvalue weighted by atomic mass is 9.81. The largest absolute Gasteiger partial charge is 0.344 e. The molecule has 3 heterocycles. The van der Waals surface area contributed by atoms with Crippen LogP contribution in [-0.2, 0) is 19.2 Å². The lowest BCUT2D eigenvalue weighted by Crippen LogP contribution is -2.56. The Hall–Kier alpha value is -2.16. The zero-order chi connectivity index (χ0) is 20.3. The molecule has 3 fully saturated rings. The van der Waals surface area contributed by atoms with Crippen LogP contribution in [0.1, 0.15) is 38.5 Å². The lowest BCUT2D eigenvalue weighted by Gasteiger charge is -2.34. The van der Waals surface area contributed by atoms with Gasteiger partial charge in [-0.1, -0.05) is 0 Å². The summed E-state index contributed by atoms with van der Waals surface area (Å²) in [6.07, 6.45) is 3.47. The Balaban J connectivity index is 1.63. The Bertz CT molecular complexity index is 646. The van der Waals surface area contributed by atoms with Crippen LogP contribution in [0.2, 0.25) is 0 Å². The van der Waals surface area contributed by atoms with Crippen LogP contribution in [0, 0.1) is 5.41 Å². The van der Waals surface area contributed by atoms with Crippen molar-refractivity contribution >= 4 is 23.6 Å². The Kier molecular flexibility index (Phi) is 6.22. The highest BCUT2D eigenvalue weighted by molar-refractivity contribution is 5.94. The van der Waals surface area contributed by atoms with E-state index in [0.29, 0.717) is 45.4 Å². The van der Waals surface area contributed by atoms with E-state index in [2.05, 4.69) is 16.0 Å². The van der Waals surface area contributed by atoms with E-state index in [9.17, 15) is 19.2 Å². The average Bonchev–Trinajstić information content (AvgIpc) is 3.12. The number of carbonyl (C=O) groups is 4. The second kappa shape index (κ2) is 8.46. The van der Waals surface area contributed by atoms with Crippen LogP contribution in [0.5, 0.6) is 0 Å². The highest BCUT2D eigenvalue weighted by Gasteiger charge is 2.45. The van der Waals surface area contributed by atoms with E-state index in [0.717, 1.165) is 12.8 Å². The highest BCUT2D eigenvalue weighted by Crippen LogP contribution is 2.31. The zero-order valence-corrected chi connectivity index (χ0v) is 16.8. The summed E-state index contributed by atoms with van der Waals surface area (Å²) in [5.41, 5.74) is -0.885. The van der Waals surface area contributed by atoms with Crippen molar-refractivity contribution in [1.82, 2.24) is 25.8 Å². The number of rotatable bonds is 5. The molecular formula is C19H31N5O4. The van der Waals surface area contributed by atoms with Crippen LogP contribution in [-0.4, -0.2) is 85.8 Å². The van der Waals surface area contributed by atoms with Gasteiger partial charge >= 0.3 is 0 Å².